The molecule has 0 aliphatic carbocycles. The summed E-state index contributed by atoms with van der Waals surface area (Å²) in [5.74, 6) is 0.426. The van der Waals surface area contributed by atoms with Crippen molar-refractivity contribution >= 4 is 5.91 Å². The molecule has 1 atom stereocenters. The van der Waals surface area contributed by atoms with E-state index in [0.29, 0.717) is 12.3 Å². The molecule has 0 radical (unpaired) electrons. The Hall–Kier alpha value is -0.610. The average molecular weight is 229 g/mol. The Bertz CT molecular complexity index is 198. The number of nitrogens with one attached hydrogen (secondary N) is 1. The van der Waals surface area contributed by atoms with Crippen LogP contribution >= 0.6 is 0 Å². The third kappa shape index (κ3) is 4.49. The molecule has 1 amide bonds. The molecule has 1 fully saturated rings. The molecule has 0 aromatic carbocycles. The van der Waals surface area contributed by atoms with Crippen LogP contribution in [-0.4, -0.2) is 37.4 Å². The minimum atomic E-state index is -0.241. The first-order valence-electron chi connectivity index (χ1n) is 6.24. The number of rotatable bonds is 6. The molecule has 1 unspecified atom stereocenters. The van der Waals surface area contributed by atoms with Crippen LogP contribution < -0.4 is 5.32 Å². The summed E-state index contributed by atoms with van der Waals surface area (Å²) in [6.07, 6.45) is 3.93. The van der Waals surface area contributed by atoms with E-state index in [1.165, 1.54) is 0 Å². The second kappa shape index (κ2) is 7.63. The number of amides is 1. The molecule has 1 rings (SSSR count). The van der Waals surface area contributed by atoms with Crippen LogP contribution in [0.5, 0.6) is 0 Å². The van der Waals surface area contributed by atoms with Crippen molar-refractivity contribution in [3.63, 3.8) is 0 Å². The predicted molar refractivity (Wildman–Crippen MR) is 62.0 cm³/mol. The summed E-state index contributed by atoms with van der Waals surface area (Å²) in [6, 6.07) is 0. The van der Waals surface area contributed by atoms with Gasteiger partial charge in [-0.15, -0.1) is 0 Å². The van der Waals surface area contributed by atoms with Crippen LogP contribution in [0, 0.1) is 11.8 Å². The third-order valence-electron chi connectivity index (χ3n) is 3.28. The maximum Gasteiger partial charge on any atom is 0.225 e. The van der Waals surface area contributed by atoms with E-state index in [-0.39, 0.29) is 18.4 Å². The normalized spacial score (nSPS) is 19.4. The molecule has 0 aromatic heterocycles. The summed E-state index contributed by atoms with van der Waals surface area (Å²) in [5.41, 5.74) is 0. The largest absolute Gasteiger partial charge is 0.396 e. The molecule has 0 bridgehead atoms. The Morgan fingerprint density at radius 2 is 2.19 bits per heavy atom. The highest BCUT2D eigenvalue weighted by Gasteiger charge is 2.16. The molecule has 1 saturated heterocycles. The molecule has 4 heteroatoms. The van der Waals surface area contributed by atoms with E-state index in [4.69, 9.17) is 9.84 Å². The third-order valence-corrected chi connectivity index (χ3v) is 3.28. The molecular formula is C12H23NO3. The van der Waals surface area contributed by atoms with Crippen molar-refractivity contribution in [2.24, 2.45) is 11.8 Å². The van der Waals surface area contributed by atoms with Gasteiger partial charge >= 0.3 is 0 Å². The fourth-order valence-electron chi connectivity index (χ4n) is 1.98. The van der Waals surface area contributed by atoms with E-state index < -0.39 is 0 Å². The van der Waals surface area contributed by atoms with Gasteiger partial charge in [0.2, 0.25) is 5.91 Å². The van der Waals surface area contributed by atoms with Crippen molar-refractivity contribution in [1.82, 2.24) is 5.32 Å². The molecule has 0 aromatic rings. The quantitative estimate of drug-likeness (QED) is 0.712. The smallest absolute Gasteiger partial charge is 0.225 e. The zero-order valence-electron chi connectivity index (χ0n) is 10.1. The van der Waals surface area contributed by atoms with Crippen LogP contribution in [0.15, 0.2) is 0 Å². The lowest BCUT2D eigenvalue weighted by Gasteiger charge is -2.22. The first-order chi connectivity index (χ1) is 7.77. The fraction of sp³-hybridized carbons (Fsp3) is 0.917. The molecule has 2 N–H and O–H groups in total. The fourth-order valence-corrected chi connectivity index (χ4v) is 1.98. The Kier molecular flexibility index (Phi) is 6.42. The Balaban J connectivity index is 2.11. The number of carbonyl (C=O) groups excluding carboxylic acids is 1. The number of hydrogen-bond acceptors (Lipinski definition) is 3. The number of hydrogen-bond donors (Lipinski definition) is 2. The maximum absolute atomic E-state index is 11.6. The lowest BCUT2D eigenvalue weighted by molar-refractivity contribution is -0.126. The lowest BCUT2D eigenvalue weighted by Crippen LogP contribution is -2.34. The van der Waals surface area contributed by atoms with Crippen LogP contribution in [-0.2, 0) is 9.53 Å². The first-order valence-corrected chi connectivity index (χ1v) is 6.24. The van der Waals surface area contributed by atoms with Crippen molar-refractivity contribution in [3.8, 4) is 0 Å². The molecule has 0 spiro atoms. The highest BCUT2D eigenvalue weighted by atomic mass is 16.5. The highest BCUT2D eigenvalue weighted by molar-refractivity contribution is 5.78. The van der Waals surface area contributed by atoms with Crippen LogP contribution in [0.1, 0.15) is 32.6 Å². The first kappa shape index (κ1) is 13.5. The van der Waals surface area contributed by atoms with Crippen LogP contribution in [0.25, 0.3) is 0 Å². The van der Waals surface area contributed by atoms with Gasteiger partial charge in [0.25, 0.3) is 0 Å². The number of ether oxygens (including phenoxy) is 1. The van der Waals surface area contributed by atoms with E-state index in [2.05, 4.69) is 5.32 Å². The van der Waals surface area contributed by atoms with E-state index in [9.17, 15) is 4.79 Å². The van der Waals surface area contributed by atoms with Crippen molar-refractivity contribution in [2.75, 3.05) is 26.4 Å². The average Bonchev–Trinajstić information content (AvgIpc) is 2.32. The standard InChI is InChI=1S/C12H23NO3/c1-2-11(9-14)12(15)13-6-3-10-4-7-16-8-5-10/h10-11,14H,2-9H2,1H3,(H,13,15). The van der Waals surface area contributed by atoms with E-state index in [1.807, 2.05) is 6.92 Å². The van der Waals surface area contributed by atoms with Crippen LogP contribution in [0.3, 0.4) is 0 Å². The molecule has 1 aliphatic rings. The van der Waals surface area contributed by atoms with Crippen molar-refractivity contribution in [1.29, 1.82) is 0 Å². The van der Waals surface area contributed by atoms with Crippen molar-refractivity contribution in [2.45, 2.75) is 32.6 Å². The summed E-state index contributed by atoms with van der Waals surface area (Å²) in [7, 11) is 0. The molecule has 1 heterocycles. The summed E-state index contributed by atoms with van der Waals surface area (Å²) in [6.45, 7) is 4.29. The Morgan fingerprint density at radius 1 is 1.50 bits per heavy atom. The minimum Gasteiger partial charge on any atom is -0.396 e. The second-order valence-corrected chi connectivity index (χ2v) is 4.42. The maximum atomic E-state index is 11.6. The minimum absolute atomic E-state index is 0.0166. The van der Waals surface area contributed by atoms with Gasteiger partial charge in [0.05, 0.1) is 12.5 Å². The van der Waals surface area contributed by atoms with Gasteiger partial charge in [-0.3, -0.25) is 4.79 Å². The van der Waals surface area contributed by atoms with Gasteiger partial charge < -0.3 is 15.2 Å². The monoisotopic (exact) mass is 229 g/mol. The Labute approximate surface area is 97.4 Å². The van der Waals surface area contributed by atoms with Crippen molar-refractivity contribution in [3.05, 3.63) is 0 Å². The van der Waals surface area contributed by atoms with Gasteiger partial charge in [-0.25, -0.2) is 0 Å². The summed E-state index contributed by atoms with van der Waals surface area (Å²) in [4.78, 5) is 11.6. The SMILES string of the molecule is CCC(CO)C(=O)NCCC1CCOCC1. The van der Waals surface area contributed by atoms with Gasteiger partial charge in [0, 0.05) is 19.8 Å². The van der Waals surface area contributed by atoms with E-state index in [1.54, 1.807) is 0 Å². The topological polar surface area (TPSA) is 58.6 Å². The molecule has 1 aliphatic heterocycles. The zero-order chi connectivity index (χ0) is 11.8. The van der Waals surface area contributed by atoms with Gasteiger partial charge in [-0.1, -0.05) is 6.92 Å². The van der Waals surface area contributed by atoms with Crippen LogP contribution in [0.4, 0.5) is 0 Å². The van der Waals surface area contributed by atoms with Gasteiger partial charge in [0.15, 0.2) is 0 Å². The van der Waals surface area contributed by atoms with E-state index >= 15 is 0 Å². The molecule has 16 heavy (non-hydrogen) atoms. The second-order valence-electron chi connectivity index (χ2n) is 4.42. The summed E-state index contributed by atoms with van der Waals surface area (Å²) in [5, 5.41) is 11.9. The molecule has 4 nitrogen and oxygen atoms in total. The summed E-state index contributed by atoms with van der Waals surface area (Å²) < 4.78 is 5.28. The highest BCUT2D eigenvalue weighted by Crippen LogP contribution is 2.17. The van der Waals surface area contributed by atoms with Crippen LogP contribution in [0.2, 0.25) is 0 Å². The van der Waals surface area contributed by atoms with Crippen molar-refractivity contribution < 1.29 is 14.6 Å². The number of aliphatic hydroxyl groups is 1. The molecule has 94 valence electrons. The number of carbonyl (C=O) groups is 1. The molecular weight excluding hydrogens is 206 g/mol. The van der Waals surface area contributed by atoms with Gasteiger partial charge in [-0.2, -0.15) is 0 Å². The van der Waals surface area contributed by atoms with E-state index in [0.717, 1.165) is 39.0 Å². The van der Waals surface area contributed by atoms with Gasteiger partial charge in [0.1, 0.15) is 0 Å². The zero-order valence-corrected chi connectivity index (χ0v) is 10.1. The lowest BCUT2D eigenvalue weighted by atomic mass is 9.96. The summed E-state index contributed by atoms with van der Waals surface area (Å²) >= 11 is 0. The molecule has 0 saturated carbocycles. The number of aliphatic hydroxyl groups excluding tert-OH is 1. The predicted octanol–water partition coefficient (Wildman–Crippen LogP) is 0.938. The van der Waals surface area contributed by atoms with Gasteiger partial charge in [-0.05, 0) is 31.6 Å². The Morgan fingerprint density at radius 3 is 2.75 bits per heavy atom.